The van der Waals surface area contributed by atoms with Crippen molar-refractivity contribution in [2.24, 2.45) is 0 Å². The summed E-state index contributed by atoms with van der Waals surface area (Å²) < 4.78 is 4.68. The Morgan fingerprint density at radius 3 is 2.14 bits per heavy atom. The number of ether oxygens (including phenoxy) is 1. The van der Waals surface area contributed by atoms with E-state index in [1.165, 1.54) is 18.1 Å². The van der Waals surface area contributed by atoms with Gasteiger partial charge in [-0.15, -0.1) is 0 Å². The molecule has 0 aromatic heterocycles. The van der Waals surface area contributed by atoms with Crippen LogP contribution in [0.4, 0.5) is 4.79 Å². The molecule has 1 saturated heterocycles. The quantitative estimate of drug-likeness (QED) is 0.209. The van der Waals surface area contributed by atoms with Crippen LogP contribution >= 0.6 is 23.4 Å². The first-order valence-corrected chi connectivity index (χ1v) is 12.0. The monoisotopic (exact) mass is 517 g/mol. The van der Waals surface area contributed by atoms with Gasteiger partial charge in [0.05, 0.1) is 24.1 Å². The number of imide groups is 1. The van der Waals surface area contributed by atoms with Gasteiger partial charge in [-0.25, -0.2) is 4.79 Å². The molecule has 0 atom stereocenters. The van der Waals surface area contributed by atoms with Gasteiger partial charge in [-0.1, -0.05) is 54.1 Å². The van der Waals surface area contributed by atoms with Gasteiger partial charge in [-0.05, 0) is 77.0 Å². The summed E-state index contributed by atoms with van der Waals surface area (Å²) in [6.07, 6.45) is 4.86. The molecule has 180 valence electrons. The second-order valence-electron chi connectivity index (χ2n) is 7.83. The SMILES string of the molecule is COC(=O)c1ccc(CN2C(=O)S/C(=C\c3ccc(/C=C/C(=O)c4ccc(Cl)cc4)cc3)C2=O)cc1. The van der Waals surface area contributed by atoms with Gasteiger partial charge >= 0.3 is 5.97 Å². The third-order valence-electron chi connectivity index (χ3n) is 5.38. The normalized spacial score (nSPS) is 14.6. The highest BCUT2D eigenvalue weighted by Crippen LogP contribution is 2.33. The molecule has 0 spiro atoms. The van der Waals surface area contributed by atoms with E-state index in [1.807, 2.05) is 24.3 Å². The molecular formula is C28H20ClNO5S. The molecule has 3 aromatic rings. The third-order valence-corrected chi connectivity index (χ3v) is 6.54. The number of esters is 1. The van der Waals surface area contributed by atoms with Gasteiger partial charge in [-0.3, -0.25) is 19.3 Å². The van der Waals surface area contributed by atoms with E-state index in [9.17, 15) is 19.2 Å². The fourth-order valence-corrected chi connectivity index (χ4v) is 4.38. The van der Waals surface area contributed by atoms with Crippen LogP contribution in [0.25, 0.3) is 12.2 Å². The number of allylic oxidation sites excluding steroid dienone is 1. The van der Waals surface area contributed by atoms with Crippen LogP contribution in [-0.4, -0.2) is 34.9 Å². The lowest BCUT2D eigenvalue weighted by atomic mass is 10.1. The van der Waals surface area contributed by atoms with Crippen LogP contribution in [0.15, 0.2) is 83.8 Å². The van der Waals surface area contributed by atoms with E-state index in [0.717, 1.165) is 28.5 Å². The minimum absolute atomic E-state index is 0.106. The molecule has 0 radical (unpaired) electrons. The number of rotatable bonds is 7. The highest BCUT2D eigenvalue weighted by Gasteiger charge is 2.35. The van der Waals surface area contributed by atoms with E-state index < -0.39 is 5.97 Å². The summed E-state index contributed by atoms with van der Waals surface area (Å²) in [5, 5.41) is 0.210. The molecule has 0 N–H and O–H groups in total. The number of nitrogens with zero attached hydrogens (tertiary/aromatic N) is 1. The summed E-state index contributed by atoms with van der Waals surface area (Å²) in [7, 11) is 1.30. The predicted molar refractivity (Wildman–Crippen MR) is 141 cm³/mol. The Morgan fingerprint density at radius 1 is 0.889 bits per heavy atom. The Morgan fingerprint density at radius 2 is 1.50 bits per heavy atom. The van der Waals surface area contributed by atoms with Crippen molar-refractivity contribution in [1.82, 2.24) is 4.90 Å². The molecule has 1 fully saturated rings. The van der Waals surface area contributed by atoms with Crippen molar-refractivity contribution < 1.29 is 23.9 Å². The fourth-order valence-electron chi connectivity index (χ4n) is 3.42. The van der Waals surface area contributed by atoms with E-state index in [4.69, 9.17) is 11.6 Å². The van der Waals surface area contributed by atoms with Crippen LogP contribution in [0, 0.1) is 0 Å². The first-order chi connectivity index (χ1) is 17.3. The van der Waals surface area contributed by atoms with Crippen molar-refractivity contribution in [2.45, 2.75) is 6.54 Å². The van der Waals surface area contributed by atoms with Gasteiger partial charge < -0.3 is 4.74 Å². The zero-order valence-corrected chi connectivity index (χ0v) is 20.7. The second kappa shape index (κ2) is 11.2. The molecule has 0 unspecified atom stereocenters. The molecule has 36 heavy (non-hydrogen) atoms. The lowest BCUT2D eigenvalue weighted by molar-refractivity contribution is -0.123. The van der Waals surface area contributed by atoms with E-state index in [2.05, 4.69) is 4.74 Å². The van der Waals surface area contributed by atoms with Crippen molar-refractivity contribution in [3.63, 3.8) is 0 Å². The number of halogens is 1. The Labute approximate surface area is 217 Å². The van der Waals surface area contributed by atoms with Crippen molar-refractivity contribution in [2.75, 3.05) is 7.11 Å². The first kappa shape index (κ1) is 25.2. The van der Waals surface area contributed by atoms with Gasteiger partial charge in [0.15, 0.2) is 5.78 Å². The summed E-state index contributed by atoms with van der Waals surface area (Å²) in [6, 6.07) is 20.5. The van der Waals surface area contributed by atoms with Gasteiger partial charge in [0.1, 0.15) is 0 Å². The topological polar surface area (TPSA) is 80.8 Å². The molecule has 6 nitrogen and oxygen atoms in total. The molecular weight excluding hydrogens is 498 g/mol. The molecule has 4 rings (SSSR count). The van der Waals surface area contributed by atoms with Crippen LogP contribution in [0.1, 0.15) is 37.4 Å². The zero-order valence-electron chi connectivity index (χ0n) is 19.1. The predicted octanol–water partition coefficient (Wildman–Crippen LogP) is 6.26. The van der Waals surface area contributed by atoms with Gasteiger partial charge in [0.2, 0.25) is 0 Å². The van der Waals surface area contributed by atoms with Crippen LogP contribution in [0.2, 0.25) is 5.02 Å². The van der Waals surface area contributed by atoms with Gasteiger partial charge in [0.25, 0.3) is 11.1 Å². The maximum Gasteiger partial charge on any atom is 0.337 e. The average molecular weight is 518 g/mol. The Balaban J connectivity index is 1.40. The highest BCUT2D eigenvalue weighted by atomic mass is 35.5. The lowest BCUT2D eigenvalue weighted by Gasteiger charge is -2.12. The number of methoxy groups -OCH3 is 1. The standard InChI is InChI=1S/C28H20ClNO5S/c1-35-27(33)22-9-6-20(7-10-22)17-30-26(32)25(36-28(30)34)16-19-4-2-18(3-5-19)8-15-24(31)21-11-13-23(29)14-12-21/h2-16H,17H2,1H3/b15-8+,25-16-. The minimum Gasteiger partial charge on any atom is -0.465 e. The number of thioether (sulfide) groups is 1. The summed E-state index contributed by atoms with van der Waals surface area (Å²) in [6.45, 7) is 0.106. The van der Waals surface area contributed by atoms with E-state index >= 15 is 0 Å². The average Bonchev–Trinajstić information content (AvgIpc) is 3.15. The summed E-state index contributed by atoms with van der Waals surface area (Å²) in [4.78, 5) is 50.6. The number of amides is 2. The number of hydrogen-bond acceptors (Lipinski definition) is 6. The molecule has 0 aliphatic carbocycles. The molecule has 1 aliphatic rings. The summed E-state index contributed by atoms with van der Waals surface area (Å²) >= 11 is 6.73. The number of carbonyl (C=O) groups is 4. The van der Waals surface area contributed by atoms with Gasteiger partial charge in [0, 0.05) is 10.6 Å². The summed E-state index contributed by atoms with van der Waals surface area (Å²) in [5.74, 6) is -0.964. The minimum atomic E-state index is -0.453. The number of ketones is 1. The second-order valence-corrected chi connectivity index (χ2v) is 9.26. The molecule has 1 heterocycles. The molecule has 1 aliphatic heterocycles. The largest absolute Gasteiger partial charge is 0.465 e. The van der Waals surface area contributed by atoms with Crippen LogP contribution in [0.5, 0.6) is 0 Å². The molecule has 3 aromatic carbocycles. The van der Waals surface area contributed by atoms with Crippen molar-refractivity contribution in [3.8, 4) is 0 Å². The van der Waals surface area contributed by atoms with E-state index in [-0.39, 0.29) is 23.5 Å². The van der Waals surface area contributed by atoms with Gasteiger partial charge in [-0.2, -0.15) is 0 Å². The zero-order chi connectivity index (χ0) is 25.7. The molecule has 0 saturated carbocycles. The van der Waals surface area contributed by atoms with Crippen LogP contribution in [0.3, 0.4) is 0 Å². The van der Waals surface area contributed by atoms with Crippen molar-refractivity contribution >= 4 is 58.4 Å². The number of carbonyl (C=O) groups excluding carboxylic acids is 4. The third kappa shape index (κ3) is 6.00. The van der Waals surface area contributed by atoms with Crippen LogP contribution < -0.4 is 0 Å². The lowest BCUT2D eigenvalue weighted by Crippen LogP contribution is -2.27. The molecule has 8 heteroatoms. The van der Waals surface area contributed by atoms with E-state index in [1.54, 1.807) is 60.7 Å². The van der Waals surface area contributed by atoms with Crippen molar-refractivity contribution in [1.29, 1.82) is 0 Å². The maximum atomic E-state index is 12.8. The van der Waals surface area contributed by atoms with E-state index in [0.29, 0.717) is 21.1 Å². The number of hydrogen-bond donors (Lipinski definition) is 0. The maximum absolute atomic E-state index is 12.8. The van der Waals surface area contributed by atoms with Crippen molar-refractivity contribution in [3.05, 3.63) is 117 Å². The number of benzene rings is 3. The summed E-state index contributed by atoms with van der Waals surface area (Å²) in [5.41, 5.74) is 3.22. The van der Waals surface area contributed by atoms with Crippen LogP contribution in [-0.2, 0) is 16.1 Å². The molecule has 2 amide bonds. The Kier molecular flexibility index (Phi) is 7.83. The first-order valence-electron chi connectivity index (χ1n) is 10.8. The molecule has 0 bridgehead atoms. The highest BCUT2D eigenvalue weighted by molar-refractivity contribution is 8.18. The Bertz CT molecular complexity index is 1380. The Hall–Kier alpha value is -3.94. The fraction of sp³-hybridized carbons (Fsp3) is 0.0714. The smallest absolute Gasteiger partial charge is 0.337 e.